The molecule has 0 N–H and O–H groups in total. The van der Waals surface area contributed by atoms with E-state index in [0.717, 1.165) is 0 Å². The highest BCUT2D eigenvalue weighted by molar-refractivity contribution is 6.19. The van der Waals surface area contributed by atoms with Crippen molar-refractivity contribution in [2.75, 3.05) is 6.61 Å². The largest absolute Gasteiger partial charge is 0.464 e. The van der Waals surface area contributed by atoms with Gasteiger partial charge >= 0.3 is 5.97 Å². The highest BCUT2D eigenvalue weighted by Gasteiger charge is 2.83. The van der Waals surface area contributed by atoms with Gasteiger partial charge in [0.15, 0.2) is 5.78 Å². The van der Waals surface area contributed by atoms with Gasteiger partial charge in [0.1, 0.15) is 17.8 Å². The highest BCUT2D eigenvalue weighted by Crippen LogP contribution is 2.69. The standard InChI is InChI=1S/C14H12O4/c1-9(15)14-7-13(14,8-18-12(14)17)11(16)10-5-3-2-4-6-10/h2-6H,7-8H2,1H3/t13-,14-/m0/s1. The van der Waals surface area contributed by atoms with Gasteiger partial charge in [-0.05, 0) is 13.3 Å². The van der Waals surface area contributed by atoms with Gasteiger partial charge in [0.25, 0.3) is 0 Å². The van der Waals surface area contributed by atoms with Crippen LogP contribution in [0.5, 0.6) is 0 Å². The molecule has 1 heterocycles. The number of ether oxygens (including phenoxy) is 1. The third kappa shape index (κ3) is 1.08. The van der Waals surface area contributed by atoms with Crippen molar-refractivity contribution in [2.24, 2.45) is 10.8 Å². The van der Waals surface area contributed by atoms with Crippen LogP contribution in [0.1, 0.15) is 23.7 Å². The highest BCUT2D eigenvalue weighted by atomic mass is 16.5. The first-order valence-electron chi connectivity index (χ1n) is 5.83. The average Bonchev–Trinajstić information content (AvgIpc) is 3.00. The molecule has 1 saturated heterocycles. The Morgan fingerprint density at radius 2 is 1.89 bits per heavy atom. The second-order valence-corrected chi connectivity index (χ2v) is 4.99. The zero-order chi connectivity index (χ0) is 13.0. The van der Waals surface area contributed by atoms with Crippen LogP contribution >= 0.6 is 0 Å². The van der Waals surface area contributed by atoms with Gasteiger partial charge in [-0.15, -0.1) is 0 Å². The quantitative estimate of drug-likeness (QED) is 0.458. The van der Waals surface area contributed by atoms with E-state index in [1.54, 1.807) is 24.3 Å². The van der Waals surface area contributed by atoms with Crippen LogP contribution < -0.4 is 0 Å². The molecule has 0 radical (unpaired) electrons. The second kappa shape index (κ2) is 3.28. The summed E-state index contributed by atoms with van der Waals surface area (Å²) >= 11 is 0. The molecule has 2 fully saturated rings. The van der Waals surface area contributed by atoms with E-state index in [2.05, 4.69) is 0 Å². The topological polar surface area (TPSA) is 60.4 Å². The Morgan fingerprint density at radius 1 is 1.22 bits per heavy atom. The molecular formula is C14H12O4. The number of hydrogen-bond donors (Lipinski definition) is 0. The summed E-state index contributed by atoms with van der Waals surface area (Å²) < 4.78 is 4.94. The van der Waals surface area contributed by atoms with Crippen LogP contribution in [0, 0.1) is 10.8 Å². The molecule has 2 aliphatic rings. The molecule has 1 aliphatic heterocycles. The lowest BCUT2D eigenvalue weighted by Gasteiger charge is -2.10. The number of carbonyl (C=O) groups is 3. The fraction of sp³-hybridized carbons (Fsp3) is 0.357. The van der Waals surface area contributed by atoms with Crippen molar-refractivity contribution in [1.29, 1.82) is 0 Å². The van der Waals surface area contributed by atoms with Gasteiger partial charge in [-0.3, -0.25) is 14.4 Å². The summed E-state index contributed by atoms with van der Waals surface area (Å²) in [6.45, 7) is 1.38. The van der Waals surface area contributed by atoms with Gasteiger partial charge in [-0.1, -0.05) is 30.3 Å². The molecule has 18 heavy (non-hydrogen) atoms. The number of fused-ring (bicyclic) bond motifs is 1. The number of Topliss-reactive ketones (excluding diaryl/α,β-unsaturated/α-hetero) is 2. The van der Waals surface area contributed by atoms with Crippen molar-refractivity contribution in [3.05, 3.63) is 35.9 Å². The minimum Gasteiger partial charge on any atom is -0.464 e. The van der Waals surface area contributed by atoms with Crippen LogP contribution in [0.3, 0.4) is 0 Å². The van der Waals surface area contributed by atoms with Crippen molar-refractivity contribution >= 4 is 17.5 Å². The molecule has 1 saturated carbocycles. The van der Waals surface area contributed by atoms with Gasteiger partial charge in [0, 0.05) is 5.56 Å². The summed E-state index contributed by atoms with van der Waals surface area (Å²) in [5.41, 5.74) is -1.63. The zero-order valence-electron chi connectivity index (χ0n) is 9.93. The summed E-state index contributed by atoms with van der Waals surface area (Å²) in [4.78, 5) is 35.9. The van der Waals surface area contributed by atoms with E-state index in [9.17, 15) is 14.4 Å². The van der Waals surface area contributed by atoms with Crippen LogP contribution in [0.15, 0.2) is 30.3 Å². The van der Waals surface area contributed by atoms with E-state index < -0.39 is 16.8 Å². The van der Waals surface area contributed by atoms with Crippen LogP contribution in [-0.4, -0.2) is 24.1 Å². The van der Waals surface area contributed by atoms with Gasteiger partial charge in [-0.2, -0.15) is 0 Å². The van der Waals surface area contributed by atoms with Crippen LogP contribution in [0.4, 0.5) is 0 Å². The number of ketones is 2. The van der Waals surface area contributed by atoms with Gasteiger partial charge in [0.05, 0.1) is 5.41 Å². The van der Waals surface area contributed by atoms with E-state index in [1.807, 2.05) is 6.07 Å². The summed E-state index contributed by atoms with van der Waals surface area (Å²) in [7, 11) is 0. The molecule has 0 unspecified atom stereocenters. The molecule has 2 atom stereocenters. The van der Waals surface area contributed by atoms with Crippen LogP contribution in [0.25, 0.3) is 0 Å². The van der Waals surface area contributed by atoms with Crippen molar-refractivity contribution in [2.45, 2.75) is 13.3 Å². The van der Waals surface area contributed by atoms with Crippen molar-refractivity contribution < 1.29 is 19.1 Å². The summed E-state index contributed by atoms with van der Waals surface area (Å²) in [5.74, 6) is -0.974. The number of rotatable bonds is 3. The molecule has 0 amide bonds. The third-order valence-corrected chi connectivity index (χ3v) is 4.13. The van der Waals surface area contributed by atoms with Gasteiger partial charge in [-0.25, -0.2) is 0 Å². The molecule has 1 aromatic rings. The predicted molar refractivity (Wildman–Crippen MR) is 61.9 cm³/mol. The molecule has 0 spiro atoms. The fourth-order valence-corrected chi connectivity index (χ4v) is 2.97. The molecule has 0 bridgehead atoms. The maximum atomic E-state index is 12.5. The number of benzene rings is 1. The fourth-order valence-electron chi connectivity index (χ4n) is 2.97. The molecule has 1 aromatic carbocycles. The lowest BCUT2D eigenvalue weighted by atomic mass is 9.86. The van der Waals surface area contributed by atoms with Crippen LogP contribution in [-0.2, 0) is 14.3 Å². The second-order valence-electron chi connectivity index (χ2n) is 4.99. The summed E-state index contributed by atoms with van der Waals surface area (Å²) in [6, 6.07) is 8.74. The Morgan fingerprint density at radius 3 is 2.44 bits per heavy atom. The molecule has 92 valence electrons. The van der Waals surface area contributed by atoms with Crippen molar-refractivity contribution in [3.8, 4) is 0 Å². The molecule has 4 heteroatoms. The predicted octanol–water partition coefficient (Wildman–Crippen LogP) is 1.39. The zero-order valence-corrected chi connectivity index (χ0v) is 9.93. The third-order valence-electron chi connectivity index (χ3n) is 4.13. The molecular weight excluding hydrogens is 232 g/mol. The number of esters is 1. The van der Waals surface area contributed by atoms with E-state index in [-0.39, 0.29) is 18.2 Å². The SMILES string of the molecule is CC(=O)[C@]12C[C@@]1(C(=O)c1ccccc1)COC2=O. The summed E-state index contributed by atoms with van der Waals surface area (Å²) in [5, 5.41) is 0. The number of cyclic esters (lactones) is 1. The van der Waals surface area contributed by atoms with E-state index in [4.69, 9.17) is 4.74 Å². The van der Waals surface area contributed by atoms with E-state index in [0.29, 0.717) is 12.0 Å². The molecule has 3 rings (SSSR count). The Bertz CT molecular complexity index is 562. The number of carbonyl (C=O) groups excluding carboxylic acids is 3. The lowest BCUT2D eigenvalue weighted by molar-refractivity contribution is -0.148. The van der Waals surface area contributed by atoms with Crippen molar-refractivity contribution in [3.63, 3.8) is 0 Å². The maximum absolute atomic E-state index is 12.5. The molecule has 4 nitrogen and oxygen atoms in total. The molecule has 0 aromatic heterocycles. The normalized spacial score (nSPS) is 32.6. The lowest BCUT2D eigenvalue weighted by Crippen LogP contribution is -2.29. The van der Waals surface area contributed by atoms with Gasteiger partial charge < -0.3 is 4.74 Å². The monoisotopic (exact) mass is 244 g/mol. The first-order chi connectivity index (χ1) is 8.54. The Hall–Kier alpha value is -1.97. The minimum atomic E-state index is -1.21. The first-order valence-corrected chi connectivity index (χ1v) is 5.83. The van der Waals surface area contributed by atoms with E-state index in [1.165, 1.54) is 6.92 Å². The Labute approximate surface area is 104 Å². The Kier molecular flexibility index (Phi) is 2.03. The summed E-state index contributed by atoms with van der Waals surface area (Å²) in [6.07, 6.45) is 0.294. The molecule has 1 aliphatic carbocycles. The maximum Gasteiger partial charge on any atom is 0.320 e. The van der Waals surface area contributed by atoms with Crippen molar-refractivity contribution in [1.82, 2.24) is 0 Å². The average molecular weight is 244 g/mol. The smallest absolute Gasteiger partial charge is 0.320 e. The van der Waals surface area contributed by atoms with Gasteiger partial charge in [0.2, 0.25) is 0 Å². The Balaban J connectivity index is 2.02. The first kappa shape index (κ1) is 11.1. The number of hydrogen-bond acceptors (Lipinski definition) is 4. The minimum absolute atomic E-state index is 0.0269. The van der Waals surface area contributed by atoms with E-state index >= 15 is 0 Å². The van der Waals surface area contributed by atoms with Crippen LogP contribution in [0.2, 0.25) is 0 Å².